The lowest BCUT2D eigenvalue weighted by Crippen LogP contribution is -2.18. The van der Waals surface area contributed by atoms with E-state index >= 15 is 0 Å². The summed E-state index contributed by atoms with van der Waals surface area (Å²) in [6.07, 6.45) is 6.66. The number of hydrogen-bond acceptors (Lipinski definition) is 2. The van der Waals surface area contributed by atoms with Gasteiger partial charge in [-0.05, 0) is 25.7 Å². The second-order valence-electron chi connectivity index (χ2n) is 3.85. The molecule has 2 aliphatic heterocycles. The fourth-order valence-electron chi connectivity index (χ4n) is 1.59. The minimum absolute atomic E-state index is 0.595. The van der Waals surface area contributed by atoms with Gasteiger partial charge in [0.05, 0.1) is 0 Å². The topological polar surface area (TPSA) is 18.5 Å². The van der Waals surface area contributed by atoms with Crippen LogP contribution in [0.25, 0.3) is 0 Å². The second kappa shape index (κ2) is 7.82. The van der Waals surface area contributed by atoms with E-state index in [4.69, 9.17) is 8.53 Å². The van der Waals surface area contributed by atoms with Gasteiger partial charge in [0.2, 0.25) is 0 Å². The normalized spacial score (nSPS) is 23.3. The molecule has 0 atom stereocenters. The monoisotopic (exact) mass is 200 g/mol. The van der Waals surface area contributed by atoms with Crippen LogP contribution in [-0.2, 0) is 8.53 Å². The molecule has 0 aromatic heterocycles. The highest BCUT2D eigenvalue weighted by Gasteiger charge is 2.15. The quantitative estimate of drug-likeness (QED) is 0.559. The second-order valence-corrected chi connectivity index (χ2v) is 6.38. The molecule has 13 heavy (non-hydrogen) atoms. The van der Waals surface area contributed by atoms with Crippen LogP contribution < -0.4 is 0 Å². The lowest BCUT2D eigenvalue weighted by atomic mass is 10.2. The van der Waals surface area contributed by atoms with Crippen molar-refractivity contribution in [2.24, 2.45) is 0 Å². The van der Waals surface area contributed by atoms with Gasteiger partial charge in [0.25, 0.3) is 0 Å². The summed E-state index contributed by atoms with van der Waals surface area (Å²) in [7, 11) is 0. The zero-order valence-corrected chi connectivity index (χ0v) is 9.91. The third kappa shape index (κ3) is 6.51. The Labute approximate surface area is 86.3 Å². The molecule has 3 heteroatoms. The molecular weight excluding hydrogens is 179 g/mol. The van der Waals surface area contributed by atoms with Crippen molar-refractivity contribution in [1.29, 1.82) is 0 Å². The van der Waals surface area contributed by atoms with E-state index in [1.54, 1.807) is 0 Å². The molecule has 2 fully saturated rings. The van der Waals surface area contributed by atoms with Gasteiger partial charge in [0.15, 0.2) is 0 Å². The molecule has 76 valence electrons. The molecule has 0 amide bonds. The molecule has 0 unspecified atom stereocenters. The maximum atomic E-state index is 5.42. The van der Waals surface area contributed by atoms with Gasteiger partial charge in [0, 0.05) is 19.8 Å². The summed E-state index contributed by atoms with van der Waals surface area (Å²) >= 11 is -0.595. The van der Waals surface area contributed by atoms with E-state index in [9.17, 15) is 0 Å². The zero-order valence-electron chi connectivity index (χ0n) is 8.76. The van der Waals surface area contributed by atoms with Gasteiger partial charge in [0.1, 0.15) is 0 Å². The average Bonchev–Trinajstić information content (AvgIpc) is 2.22. The largest absolute Gasteiger partial charge is 0.501 e. The standard InChI is InChI=1S/C5H10O.C4H8O.CH3.Al/c1-2-4-6-5-3-1;1-2-3-4-5;;/h1-5H2;1-4H2;1H3;/q;-1;;+1. The Balaban J connectivity index is 0.000000132. The van der Waals surface area contributed by atoms with Gasteiger partial charge in [-0.1, -0.05) is 17.5 Å². The van der Waals surface area contributed by atoms with Crippen LogP contribution in [0.15, 0.2) is 0 Å². The fraction of sp³-hybridized carbons (Fsp3) is 1.00. The first-order valence-electron chi connectivity index (χ1n) is 5.59. The Morgan fingerprint density at radius 2 is 1.54 bits per heavy atom. The van der Waals surface area contributed by atoms with E-state index in [0.29, 0.717) is 0 Å². The van der Waals surface area contributed by atoms with Gasteiger partial charge in [-0.2, -0.15) is 0 Å². The predicted octanol–water partition coefficient (Wildman–Crippen LogP) is 2.61. The van der Waals surface area contributed by atoms with E-state index < -0.39 is 14.5 Å². The lowest BCUT2D eigenvalue weighted by molar-refractivity contribution is 0.0968. The van der Waals surface area contributed by atoms with Crippen LogP contribution >= 0.6 is 0 Å². The Hall–Kier alpha value is 0.452. The highest BCUT2D eigenvalue weighted by Crippen LogP contribution is 2.09. The number of ether oxygens (including phenoxy) is 1. The average molecular weight is 200 g/mol. The third-order valence-corrected chi connectivity index (χ3v) is 4.51. The van der Waals surface area contributed by atoms with Crippen molar-refractivity contribution >= 4 is 14.5 Å². The summed E-state index contributed by atoms with van der Waals surface area (Å²) in [5.41, 5.74) is 0. The van der Waals surface area contributed by atoms with Crippen LogP contribution in [0.1, 0.15) is 32.1 Å². The van der Waals surface area contributed by atoms with Crippen molar-refractivity contribution in [3.05, 3.63) is 0 Å². The molecule has 0 N–H and O–H groups in total. The molecule has 0 saturated carbocycles. The van der Waals surface area contributed by atoms with Crippen molar-refractivity contribution in [3.63, 3.8) is 0 Å². The SMILES string of the molecule is C1CCOCC1.[CH3][Al]1[CH2]CCC[O]1. The summed E-state index contributed by atoms with van der Waals surface area (Å²) in [6.45, 7) is 3.05. The van der Waals surface area contributed by atoms with Crippen LogP contribution in [-0.4, -0.2) is 34.3 Å². The van der Waals surface area contributed by atoms with Crippen LogP contribution in [0.4, 0.5) is 0 Å². The summed E-state index contributed by atoms with van der Waals surface area (Å²) in [5.74, 6) is 2.28. The van der Waals surface area contributed by atoms with Crippen LogP contribution in [0, 0.1) is 0 Å². The first-order valence-corrected chi connectivity index (χ1v) is 8.03. The maximum absolute atomic E-state index is 5.42. The van der Waals surface area contributed by atoms with Crippen molar-refractivity contribution in [3.8, 4) is 0 Å². The first kappa shape index (κ1) is 11.5. The molecule has 2 saturated heterocycles. The lowest BCUT2D eigenvalue weighted by Gasteiger charge is -2.13. The van der Waals surface area contributed by atoms with E-state index in [2.05, 4.69) is 5.79 Å². The van der Waals surface area contributed by atoms with E-state index in [1.807, 2.05) is 0 Å². The van der Waals surface area contributed by atoms with Crippen LogP contribution in [0.2, 0.25) is 11.1 Å². The van der Waals surface area contributed by atoms with Crippen LogP contribution in [0.3, 0.4) is 0 Å². The van der Waals surface area contributed by atoms with Crippen molar-refractivity contribution in [2.75, 3.05) is 19.8 Å². The molecule has 0 aromatic carbocycles. The van der Waals surface area contributed by atoms with Gasteiger partial charge in [-0.3, -0.25) is 0 Å². The minimum atomic E-state index is -0.595. The van der Waals surface area contributed by atoms with Crippen molar-refractivity contribution < 1.29 is 8.53 Å². The minimum Gasteiger partial charge on any atom is -0.501 e. The summed E-state index contributed by atoms with van der Waals surface area (Å²) in [4.78, 5) is 0. The highest BCUT2D eigenvalue weighted by molar-refractivity contribution is 6.50. The molecule has 2 nitrogen and oxygen atoms in total. The molecular formula is C10H21AlO2. The molecule has 0 spiro atoms. The molecule has 0 bridgehead atoms. The maximum Gasteiger partial charge on any atom is 0.457 e. The molecule has 0 aromatic rings. The summed E-state index contributed by atoms with van der Waals surface area (Å²) in [6, 6.07) is 0. The van der Waals surface area contributed by atoms with Crippen LogP contribution in [0.5, 0.6) is 0 Å². The van der Waals surface area contributed by atoms with Crippen molar-refractivity contribution in [1.82, 2.24) is 0 Å². The van der Waals surface area contributed by atoms with Gasteiger partial charge < -0.3 is 8.53 Å². The van der Waals surface area contributed by atoms with Crippen molar-refractivity contribution in [2.45, 2.75) is 43.2 Å². The molecule has 2 heterocycles. The molecule has 0 radical (unpaired) electrons. The van der Waals surface area contributed by atoms with E-state index in [1.165, 1.54) is 37.4 Å². The predicted molar refractivity (Wildman–Crippen MR) is 56.3 cm³/mol. The smallest absolute Gasteiger partial charge is 0.457 e. The Morgan fingerprint density at radius 1 is 0.846 bits per heavy atom. The van der Waals surface area contributed by atoms with E-state index in [0.717, 1.165) is 19.8 Å². The fourth-order valence-corrected chi connectivity index (χ4v) is 3.19. The van der Waals surface area contributed by atoms with E-state index in [-0.39, 0.29) is 0 Å². The van der Waals surface area contributed by atoms with Gasteiger partial charge >= 0.3 is 14.5 Å². The summed E-state index contributed by atoms with van der Waals surface area (Å²) in [5, 5.41) is 1.40. The molecule has 2 rings (SSSR count). The Kier molecular flexibility index (Phi) is 6.93. The molecule has 0 aliphatic carbocycles. The third-order valence-electron chi connectivity index (χ3n) is 2.48. The highest BCUT2D eigenvalue weighted by atomic mass is 27.2. The summed E-state index contributed by atoms with van der Waals surface area (Å²) < 4.78 is 10.5. The Morgan fingerprint density at radius 3 is 1.77 bits per heavy atom. The Bertz CT molecular complexity index is 98.0. The number of hydrogen-bond donors (Lipinski definition) is 0. The zero-order chi connectivity index (χ0) is 9.36. The number of rotatable bonds is 0. The van der Waals surface area contributed by atoms with Gasteiger partial charge in [-0.15, -0.1) is 0 Å². The van der Waals surface area contributed by atoms with Gasteiger partial charge in [-0.25, -0.2) is 0 Å². The molecule has 2 aliphatic rings. The first-order chi connectivity index (χ1) is 6.39.